The van der Waals surface area contributed by atoms with E-state index in [9.17, 15) is 18.6 Å². The summed E-state index contributed by atoms with van der Waals surface area (Å²) in [4.78, 5) is 0. The molecule has 2 fully saturated rings. The molecule has 8 nitrogen and oxygen atoms in total. The third kappa shape index (κ3) is 2.59. The Morgan fingerprint density at radius 2 is 1.90 bits per heavy atom. The van der Waals surface area contributed by atoms with Gasteiger partial charge in [0, 0.05) is 7.11 Å². The first-order valence-corrected chi connectivity index (χ1v) is 7.95. The number of aliphatic hydroxyl groups is 2. The van der Waals surface area contributed by atoms with E-state index < -0.39 is 52.5 Å². The first kappa shape index (κ1) is 16.1. The fraction of sp³-hybridized carbons (Fsp3) is 1.00. The third-order valence-corrected chi connectivity index (χ3v) is 4.10. The van der Waals surface area contributed by atoms with E-state index in [2.05, 4.69) is 0 Å². The quantitative estimate of drug-likeness (QED) is 0.610. The zero-order chi connectivity index (χ0) is 15.3. The van der Waals surface area contributed by atoms with Gasteiger partial charge in [0.05, 0.1) is 12.9 Å². The van der Waals surface area contributed by atoms with Gasteiger partial charge in [0.1, 0.15) is 30.0 Å². The Morgan fingerprint density at radius 3 is 2.35 bits per heavy atom. The predicted molar refractivity (Wildman–Crippen MR) is 66.4 cm³/mol. The topological polar surface area (TPSA) is 112 Å². The molecule has 1 saturated heterocycles. The molecule has 0 spiro atoms. The molecule has 9 heteroatoms. The Labute approximate surface area is 117 Å². The number of hydrogen-bond donors (Lipinski definition) is 2. The van der Waals surface area contributed by atoms with Crippen LogP contribution in [0.15, 0.2) is 0 Å². The highest BCUT2D eigenvalue weighted by molar-refractivity contribution is 7.86. The molecule has 2 rings (SSSR count). The second-order valence-corrected chi connectivity index (χ2v) is 7.19. The standard InChI is InChI=1S/C11H20O8S/c1-10(2)17-7-6(16-3)9(19-20(4,14)15)11(13,5-12)8(7)18-10/h6-9,12-13H,5H2,1-4H3/t6-,7-,8-,9-,11-/m1/s1. The number of methoxy groups -OCH3 is 1. The molecular formula is C11H20O8S. The van der Waals surface area contributed by atoms with Crippen molar-refractivity contribution in [3.8, 4) is 0 Å². The molecule has 1 aliphatic carbocycles. The van der Waals surface area contributed by atoms with Gasteiger partial charge in [0.25, 0.3) is 10.1 Å². The van der Waals surface area contributed by atoms with Crippen LogP contribution < -0.4 is 0 Å². The van der Waals surface area contributed by atoms with E-state index in [0.717, 1.165) is 6.26 Å². The van der Waals surface area contributed by atoms with Crippen LogP contribution in [0.4, 0.5) is 0 Å². The Bertz CT molecular complexity index is 475. The van der Waals surface area contributed by atoms with Gasteiger partial charge in [0.2, 0.25) is 0 Å². The molecule has 0 amide bonds. The molecule has 1 heterocycles. The van der Waals surface area contributed by atoms with Crippen molar-refractivity contribution in [3.63, 3.8) is 0 Å². The average Bonchev–Trinajstić information content (AvgIpc) is 2.71. The van der Waals surface area contributed by atoms with Crippen LogP contribution in [0.2, 0.25) is 0 Å². The van der Waals surface area contributed by atoms with Crippen LogP contribution in [-0.4, -0.2) is 74.4 Å². The molecular weight excluding hydrogens is 292 g/mol. The smallest absolute Gasteiger partial charge is 0.264 e. The lowest BCUT2D eigenvalue weighted by Crippen LogP contribution is -2.54. The van der Waals surface area contributed by atoms with Gasteiger partial charge in [-0.2, -0.15) is 8.42 Å². The maximum Gasteiger partial charge on any atom is 0.264 e. The van der Waals surface area contributed by atoms with Crippen molar-refractivity contribution in [1.82, 2.24) is 0 Å². The first-order chi connectivity index (χ1) is 9.04. The van der Waals surface area contributed by atoms with E-state index in [4.69, 9.17) is 18.4 Å². The zero-order valence-corrected chi connectivity index (χ0v) is 12.6. The molecule has 118 valence electrons. The zero-order valence-electron chi connectivity index (χ0n) is 11.8. The largest absolute Gasteiger partial charge is 0.393 e. The molecule has 2 N–H and O–H groups in total. The van der Waals surface area contributed by atoms with E-state index in [1.54, 1.807) is 13.8 Å². The second kappa shape index (κ2) is 4.87. The molecule has 2 aliphatic rings. The minimum atomic E-state index is -3.85. The van der Waals surface area contributed by atoms with Gasteiger partial charge in [-0.1, -0.05) is 0 Å². The van der Waals surface area contributed by atoms with Crippen LogP contribution in [0.5, 0.6) is 0 Å². The first-order valence-electron chi connectivity index (χ1n) is 6.14. The highest BCUT2D eigenvalue weighted by Crippen LogP contribution is 2.46. The molecule has 0 aromatic heterocycles. The van der Waals surface area contributed by atoms with Crippen molar-refractivity contribution in [2.24, 2.45) is 0 Å². The Kier molecular flexibility index (Phi) is 3.92. The van der Waals surface area contributed by atoms with Crippen LogP contribution in [0, 0.1) is 0 Å². The molecule has 0 aromatic rings. The fourth-order valence-electron chi connectivity index (χ4n) is 2.80. The van der Waals surface area contributed by atoms with Crippen LogP contribution in [0.1, 0.15) is 13.8 Å². The van der Waals surface area contributed by atoms with E-state index in [1.165, 1.54) is 7.11 Å². The van der Waals surface area contributed by atoms with Crippen LogP contribution in [0.3, 0.4) is 0 Å². The molecule has 0 radical (unpaired) electrons. The molecule has 0 unspecified atom stereocenters. The Morgan fingerprint density at radius 1 is 1.30 bits per heavy atom. The summed E-state index contributed by atoms with van der Waals surface area (Å²) >= 11 is 0. The summed E-state index contributed by atoms with van der Waals surface area (Å²) in [7, 11) is -2.51. The van der Waals surface area contributed by atoms with Crippen LogP contribution in [0.25, 0.3) is 0 Å². The Balaban J connectivity index is 2.38. The van der Waals surface area contributed by atoms with Crippen molar-refractivity contribution in [2.45, 2.75) is 49.7 Å². The minimum absolute atomic E-state index is 0.737. The van der Waals surface area contributed by atoms with E-state index in [0.29, 0.717) is 0 Å². The third-order valence-electron chi connectivity index (χ3n) is 3.54. The molecule has 1 saturated carbocycles. The highest BCUT2D eigenvalue weighted by Gasteiger charge is 2.68. The number of fused-ring (bicyclic) bond motifs is 1. The van der Waals surface area contributed by atoms with Crippen molar-refractivity contribution >= 4 is 10.1 Å². The van der Waals surface area contributed by atoms with E-state index in [-0.39, 0.29) is 0 Å². The van der Waals surface area contributed by atoms with Crippen LogP contribution >= 0.6 is 0 Å². The van der Waals surface area contributed by atoms with Gasteiger partial charge >= 0.3 is 0 Å². The molecule has 0 aromatic carbocycles. The van der Waals surface area contributed by atoms with Gasteiger partial charge in [0.15, 0.2) is 5.79 Å². The maximum absolute atomic E-state index is 11.3. The average molecular weight is 312 g/mol. The summed E-state index contributed by atoms with van der Waals surface area (Å²) in [5, 5.41) is 20.1. The SMILES string of the molecule is CO[C@@H]1[C@H]2OC(C)(C)O[C@H]2[C@](O)(CO)[C@@H]1OS(C)(=O)=O. The van der Waals surface area contributed by atoms with Gasteiger partial charge < -0.3 is 24.4 Å². The summed E-state index contributed by atoms with van der Waals surface area (Å²) in [6, 6.07) is 0. The van der Waals surface area contributed by atoms with Gasteiger partial charge in [-0.05, 0) is 13.8 Å². The summed E-state index contributed by atoms with van der Waals surface area (Å²) in [6.07, 6.45) is -3.01. The fourth-order valence-corrected chi connectivity index (χ4v) is 3.45. The lowest BCUT2D eigenvalue weighted by atomic mass is 9.98. The summed E-state index contributed by atoms with van der Waals surface area (Å²) < 4.78 is 44.0. The summed E-state index contributed by atoms with van der Waals surface area (Å²) in [5.74, 6) is -0.967. The van der Waals surface area contributed by atoms with Crippen molar-refractivity contribution in [3.05, 3.63) is 0 Å². The predicted octanol–water partition coefficient (Wildman–Crippen LogP) is -1.40. The number of rotatable bonds is 4. The lowest BCUT2D eigenvalue weighted by Gasteiger charge is -2.33. The number of ether oxygens (including phenoxy) is 3. The van der Waals surface area contributed by atoms with Crippen molar-refractivity contribution in [1.29, 1.82) is 0 Å². The summed E-state index contributed by atoms with van der Waals surface area (Å²) in [5.41, 5.74) is -1.93. The van der Waals surface area contributed by atoms with E-state index >= 15 is 0 Å². The normalized spacial score (nSPS) is 43.7. The molecule has 5 atom stereocenters. The monoisotopic (exact) mass is 312 g/mol. The molecule has 20 heavy (non-hydrogen) atoms. The lowest BCUT2D eigenvalue weighted by molar-refractivity contribution is -0.217. The maximum atomic E-state index is 11.3. The summed E-state index contributed by atoms with van der Waals surface area (Å²) in [6.45, 7) is 2.57. The van der Waals surface area contributed by atoms with Gasteiger partial charge in [-0.15, -0.1) is 0 Å². The van der Waals surface area contributed by atoms with Crippen molar-refractivity contribution < 1.29 is 37.0 Å². The van der Waals surface area contributed by atoms with Crippen molar-refractivity contribution in [2.75, 3.05) is 20.0 Å². The minimum Gasteiger partial charge on any atom is -0.393 e. The van der Waals surface area contributed by atoms with Gasteiger partial charge in [-0.25, -0.2) is 0 Å². The number of aliphatic hydroxyl groups excluding tert-OH is 1. The number of hydrogen-bond acceptors (Lipinski definition) is 8. The highest BCUT2D eigenvalue weighted by atomic mass is 32.2. The van der Waals surface area contributed by atoms with Crippen LogP contribution in [-0.2, 0) is 28.5 Å². The van der Waals surface area contributed by atoms with Gasteiger partial charge in [-0.3, -0.25) is 4.18 Å². The van der Waals surface area contributed by atoms with E-state index in [1.807, 2.05) is 0 Å². The molecule has 1 aliphatic heterocycles. The second-order valence-electron chi connectivity index (χ2n) is 5.59. The Hall–Kier alpha value is -0.290. The molecule has 0 bridgehead atoms.